The van der Waals surface area contributed by atoms with Crippen molar-refractivity contribution < 1.29 is 19.4 Å². The summed E-state index contributed by atoms with van der Waals surface area (Å²) in [6.45, 7) is 0.667. The second-order valence-electron chi connectivity index (χ2n) is 5.58. The van der Waals surface area contributed by atoms with Gasteiger partial charge in [-0.15, -0.1) is 0 Å². The van der Waals surface area contributed by atoms with E-state index in [1.54, 1.807) is 0 Å². The lowest BCUT2D eigenvalue weighted by atomic mass is 10.0. The summed E-state index contributed by atoms with van der Waals surface area (Å²) < 4.78 is 10.2. The Balaban J connectivity index is 1.89. The Kier molecular flexibility index (Phi) is 7.30. The van der Waals surface area contributed by atoms with E-state index in [4.69, 9.17) is 9.84 Å². The van der Waals surface area contributed by atoms with E-state index < -0.39 is 0 Å². The molecule has 128 valence electrons. The molecule has 0 fully saturated rings. The molecule has 1 N–H and O–H groups in total. The van der Waals surface area contributed by atoms with Gasteiger partial charge >= 0.3 is 5.97 Å². The smallest absolute Gasteiger partial charge is 0.305 e. The number of aliphatic hydroxyl groups is 1. The Morgan fingerprint density at radius 1 is 0.958 bits per heavy atom. The average molecular weight is 328 g/mol. The zero-order valence-electron chi connectivity index (χ0n) is 14.0. The zero-order chi connectivity index (χ0) is 17.2. The van der Waals surface area contributed by atoms with Gasteiger partial charge in [-0.2, -0.15) is 0 Å². The van der Waals surface area contributed by atoms with Crippen LogP contribution in [-0.4, -0.2) is 31.4 Å². The number of carbonyl (C=O) groups is 1. The number of ether oxygens (including phenoxy) is 2. The number of hydrogen-bond donors (Lipinski definition) is 1. The van der Waals surface area contributed by atoms with Gasteiger partial charge < -0.3 is 14.6 Å². The van der Waals surface area contributed by atoms with Crippen molar-refractivity contribution in [1.82, 2.24) is 0 Å². The molecule has 2 aromatic carbocycles. The van der Waals surface area contributed by atoms with E-state index in [1.165, 1.54) is 12.7 Å². The number of aryl methyl sites for hydroxylation is 1. The molecule has 0 spiro atoms. The van der Waals surface area contributed by atoms with Crippen molar-refractivity contribution >= 4 is 5.97 Å². The molecule has 0 atom stereocenters. The molecular formula is C20H24O4. The molecule has 0 saturated heterocycles. The summed E-state index contributed by atoms with van der Waals surface area (Å²) in [7, 11) is 1.42. The minimum absolute atomic E-state index is 0.143. The first-order valence-corrected chi connectivity index (χ1v) is 8.23. The number of hydrogen-bond acceptors (Lipinski definition) is 4. The van der Waals surface area contributed by atoms with Crippen molar-refractivity contribution in [3.8, 4) is 16.9 Å². The van der Waals surface area contributed by atoms with Crippen LogP contribution < -0.4 is 4.74 Å². The van der Waals surface area contributed by atoms with Crippen molar-refractivity contribution in [3.05, 3.63) is 54.1 Å². The first-order chi connectivity index (χ1) is 11.7. The second kappa shape index (κ2) is 9.73. The van der Waals surface area contributed by atoms with Gasteiger partial charge in [-0.1, -0.05) is 36.4 Å². The molecule has 0 heterocycles. The van der Waals surface area contributed by atoms with Crippen LogP contribution in [-0.2, 0) is 16.0 Å². The predicted octanol–water partition coefficient (Wildman–Crippen LogP) is 3.61. The van der Waals surface area contributed by atoms with E-state index in [9.17, 15) is 4.79 Å². The van der Waals surface area contributed by atoms with Gasteiger partial charge in [0.1, 0.15) is 5.75 Å². The lowest BCUT2D eigenvalue weighted by Crippen LogP contribution is -2.00. The first-order valence-electron chi connectivity index (χ1n) is 8.23. The average Bonchev–Trinajstić information content (AvgIpc) is 2.63. The van der Waals surface area contributed by atoms with Crippen LogP contribution in [0.4, 0.5) is 0 Å². The highest BCUT2D eigenvalue weighted by molar-refractivity contribution is 5.69. The number of aliphatic hydroxyl groups excluding tert-OH is 1. The molecule has 2 aromatic rings. The van der Waals surface area contributed by atoms with Crippen molar-refractivity contribution in [3.63, 3.8) is 0 Å². The lowest BCUT2D eigenvalue weighted by Gasteiger charge is -2.07. The highest BCUT2D eigenvalue weighted by atomic mass is 16.5. The lowest BCUT2D eigenvalue weighted by molar-refractivity contribution is -0.140. The Bertz CT molecular complexity index is 617. The molecule has 0 aromatic heterocycles. The predicted molar refractivity (Wildman–Crippen MR) is 94.0 cm³/mol. The number of esters is 1. The molecular weight excluding hydrogens is 304 g/mol. The van der Waals surface area contributed by atoms with Crippen LogP contribution in [0.3, 0.4) is 0 Å². The Labute approximate surface area is 143 Å². The Morgan fingerprint density at radius 3 is 2.17 bits per heavy atom. The second-order valence-corrected chi connectivity index (χ2v) is 5.58. The van der Waals surface area contributed by atoms with Gasteiger partial charge in [-0.05, 0) is 41.7 Å². The van der Waals surface area contributed by atoms with Crippen LogP contribution in [0.5, 0.6) is 5.75 Å². The third kappa shape index (κ3) is 5.70. The molecule has 0 amide bonds. The van der Waals surface area contributed by atoms with Crippen LogP contribution in [0.15, 0.2) is 48.5 Å². The standard InChI is InChI=1S/C20H24O4/c1-23-20(22)5-2-4-16-6-8-17(9-7-16)18-10-12-19(13-11-18)24-15-3-14-21/h6-13,21H,2-5,14-15H2,1H3. The molecule has 24 heavy (non-hydrogen) atoms. The van der Waals surface area contributed by atoms with Crippen molar-refractivity contribution in [1.29, 1.82) is 0 Å². The summed E-state index contributed by atoms with van der Waals surface area (Å²) in [6.07, 6.45) is 2.76. The maximum Gasteiger partial charge on any atom is 0.305 e. The summed E-state index contributed by atoms with van der Waals surface area (Å²) in [6, 6.07) is 16.3. The normalized spacial score (nSPS) is 10.4. The number of carbonyl (C=O) groups excluding carboxylic acids is 1. The van der Waals surface area contributed by atoms with Crippen LogP contribution >= 0.6 is 0 Å². The molecule has 0 radical (unpaired) electrons. The monoisotopic (exact) mass is 328 g/mol. The SMILES string of the molecule is COC(=O)CCCc1ccc(-c2ccc(OCCCO)cc2)cc1. The Morgan fingerprint density at radius 2 is 1.58 bits per heavy atom. The van der Waals surface area contributed by atoms with Crippen LogP contribution in [0.2, 0.25) is 0 Å². The van der Waals surface area contributed by atoms with E-state index in [2.05, 4.69) is 29.0 Å². The van der Waals surface area contributed by atoms with Crippen LogP contribution in [0.1, 0.15) is 24.8 Å². The summed E-state index contributed by atoms with van der Waals surface area (Å²) in [5, 5.41) is 8.75. The van der Waals surface area contributed by atoms with E-state index in [1.807, 2.05) is 24.3 Å². The maximum atomic E-state index is 11.1. The van der Waals surface area contributed by atoms with E-state index in [0.717, 1.165) is 29.7 Å². The summed E-state index contributed by atoms with van der Waals surface area (Å²) in [5.74, 6) is 0.652. The molecule has 0 unspecified atom stereocenters. The van der Waals surface area contributed by atoms with Gasteiger partial charge in [0, 0.05) is 19.4 Å². The summed E-state index contributed by atoms with van der Waals surface area (Å²) in [5.41, 5.74) is 3.49. The molecule has 0 aliphatic heterocycles. The van der Waals surface area contributed by atoms with Gasteiger partial charge in [0.25, 0.3) is 0 Å². The third-order valence-electron chi connectivity index (χ3n) is 3.79. The molecule has 0 saturated carbocycles. The fourth-order valence-corrected chi connectivity index (χ4v) is 2.40. The van der Waals surface area contributed by atoms with Gasteiger partial charge in [0.15, 0.2) is 0 Å². The van der Waals surface area contributed by atoms with E-state index in [0.29, 0.717) is 19.4 Å². The van der Waals surface area contributed by atoms with Crippen molar-refractivity contribution in [2.24, 2.45) is 0 Å². The molecule has 4 heteroatoms. The fourth-order valence-electron chi connectivity index (χ4n) is 2.40. The fraction of sp³-hybridized carbons (Fsp3) is 0.350. The Hall–Kier alpha value is -2.33. The van der Waals surface area contributed by atoms with Crippen LogP contribution in [0.25, 0.3) is 11.1 Å². The first kappa shape index (κ1) is 18.0. The molecule has 0 aliphatic rings. The van der Waals surface area contributed by atoms with Gasteiger partial charge in [0.2, 0.25) is 0 Å². The van der Waals surface area contributed by atoms with Gasteiger partial charge in [-0.3, -0.25) is 4.79 Å². The maximum absolute atomic E-state index is 11.1. The highest BCUT2D eigenvalue weighted by Crippen LogP contribution is 2.23. The molecule has 0 bridgehead atoms. The number of rotatable bonds is 9. The zero-order valence-corrected chi connectivity index (χ0v) is 14.0. The number of methoxy groups -OCH3 is 1. The van der Waals surface area contributed by atoms with Gasteiger partial charge in [-0.25, -0.2) is 0 Å². The third-order valence-corrected chi connectivity index (χ3v) is 3.79. The van der Waals surface area contributed by atoms with E-state index >= 15 is 0 Å². The summed E-state index contributed by atoms with van der Waals surface area (Å²) >= 11 is 0. The molecule has 4 nitrogen and oxygen atoms in total. The van der Waals surface area contributed by atoms with E-state index in [-0.39, 0.29) is 12.6 Å². The van der Waals surface area contributed by atoms with Crippen LogP contribution in [0, 0.1) is 0 Å². The number of benzene rings is 2. The summed E-state index contributed by atoms with van der Waals surface area (Å²) in [4.78, 5) is 11.1. The molecule has 2 rings (SSSR count). The van der Waals surface area contributed by atoms with Crippen molar-refractivity contribution in [2.45, 2.75) is 25.7 Å². The molecule has 0 aliphatic carbocycles. The minimum Gasteiger partial charge on any atom is -0.494 e. The minimum atomic E-state index is -0.159. The van der Waals surface area contributed by atoms with Crippen molar-refractivity contribution in [2.75, 3.05) is 20.3 Å². The highest BCUT2D eigenvalue weighted by Gasteiger charge is 2.02. The van der Waals surface area contributed by atoms with Gasteiger partial charge in [0.05, 0.1) is 13.7 Å². The quantitative estimate of drug-likeness (QED) is 0.564. The largest absolute Gasteiger partial charge is 0.494 e. The topological polar surface area (TPSA) is 55.8 Å².